The molecule has 0 aliphatic carbocycles. The van der Waals surface area contributed by atoms with Gasteiger partial charge in [-0.3, -0.25) is 9.78 Å². The molecule has 3 N–H and O–H groups in total. The number of hydrogen-bond acceptors (Lipinski definition) is 6. The van der Waals surface area contributed by atoms with Crippen molar-refractivity contribution in [2.24, 2.45) is 0 Å². The second-order valence-electron chi connectivity index (χ2n) is 3.84. The Morgan fingerprint density at radius 1 is 1.45 bits per heavy atom. The molecule has 1 aromatic carbocycles. The van der Waals surface area contributed by atoms with Crippen LogP contribution in [0.2, 0.25) is 0 Å². The number of rotatable bonds is 5. The first-order chi connectivity index (χ1) is 9.69. The number of nitrogens with one attached hydrogen (secondary N) is 1. The van der Waals surface area contributed by atoms with Gasteiger partial charge in [0, 0.05) is 24.1 Å². The lowest BCUT2D eigenvalue weighted by Gasteiger charge is -2.10. The van der Waals surface area contributed by atoms with E-state index in [0.717, 1.165) is 0 Å². The summed E-state index contributed by atoms with van der Waals surface area (Å²) >= 11 is 1.31. The number of carbonyl (C=O) groups is 1. The van der Waals surface area contributed by atoms with Gasteiger partial charge in [-0.25, -0.2) is 4.98 Å². The van der Waals surface area contributed by atoms with Crippen molar-refractivity contribution in [2.75, 3.05) is 23.9 Å². The summed E-state index contributed by atoms with van der Waals surface area (Å²) in [4.78, 5) is 19.9. The molecule has 0 aliphatic heterocycles. The number of methoxy groups -OCH3 is 1. The molecule has 6 nitrogen and oxygen atoms in total. The highest BCUT2D eigenvalue weighted by Gasteiger charge is 2.08. The standard InChI is InChI=1S/C13H14N4O2S/c1-19-11-6-9(14)2-3-10(11)17-12(18)8-20-13-7-15-4-5-16-13/h2-7H,8,14H2,1H3,(H,17,18). The van der Waals surface area contributed by atoms with Gasteiger partial charge in [0.25, 0.3) is 0 Å². The molecule has 1 aromatic heterocycles. The van der Waals surface area contributed by atoms with Gasteiger partial charge in [0.15, 0.2) is 0 Å². The first kappa shape index (κ1) is 14.1. The fraction of sp³-hybridized carbons (Fsp3) is 0.154. The molecule has 0 radical (unpaired) electrons. The number of anilines is 2. The molecular weight excluding hydrogens is 276 g/mol. The van der Waals surface area contributed by atoms with Gasteiger partial charge >= 0.3 is 0 Å². The number of nitrogen functional groups attached to an aromatic ring is 1. The van der Waals surface area contributed by atoms with Gasteiger partial charge < -0.3 is 15.8 Å². The van der Waals surface area contributed by atoms with E-state index < -0.39 is 0 Å². The SMILES string of the molecule is COc1cc(N)ccc1NC(=O)CSc1cnccn1. The lowest BCUT2D eigenvalue weighted by molar-refractivity contribution is -0.113. The van der Waals surface area contributed by atoms with E-state index in [0.29, 0.717) is 22.2 Å². The van der Waals surface area contributed by atoms with Crippen LogP contribution in [0.5, 0.6) is 5.75 Å². The molecule has 2 rings (SSSR count). The first-order valence-corrected chi connectivity index (χ1v) is 6.80. The smallest absolute Gasteiger partial charge is 0.234 e. The third-order valence-electron chi connectivity index (χ3n) is 2.39. The minimum atomic E-state index is -0.149. The Balaban J connectivity index is 1.95. The lowest BCUT2D eigenvalue weighted by Crippen LogP contribution is -2.14. The zero-order valence-corrected chi connectivity index (χ0v) is 11.7. The van der Waals surface area contributed by atoms with Crippen molar-refractivity contribution >= 4 is 29.0 Å². The molecule has 7 heteroatoms. The second-order valence-corrected chi connectivity index (χ2v) is 4.84. The number of ether oxygens (including phenoxy) is 1. The van der Waals surface area contributed by atoms with Crippen molar-refractivity contribution < 1.29 is 9.53 Å². The summed E-state index contributed by atoms with van der Waals surface area (Å²) in [5, 5.41) is 3.47. The summed E-state index contributed by atoms with van der Waals surface area (Å²) < 4.78 is 5.17. The fourth-order valence-corrected chi connectivity index (χ4v) is 2.12. The van der Waals surface area contributed by atoms with E-state index in [1.54, 1.807) is 36.8 Å². The number of nitrogens with zero attached hydrogens (tertiary/aromatic N) is 2. The van der Waals surface area contributed by atoms with Gasteiger partial charge in [-0.15, -0.1) is 0 Å². The number of nitrogens with two attached hydrogens (primary N) is 1. The van der Waals surface area contributed by atoms with E-state index in [9.17, 15) is 4.79 Å². The maximum atomic E-state index is 11.9. The van der Waals surface area contributed by atoms with Crippen molar-refractivity contribution in [1.29, 1.82) is 0 Å². The minimum Gasteiger partial charge on any atom is -0.494 e. The highest BCUT2D eigenvalue weighted by atomic mass is 32.2. The van der Waals surface area contributed by atoms with E-state index >= 15 is 0 Å². The topological polar surface area (TPSA) is 90.1 Å². The van der Waals surface area contributed by atoms with Gasteiger partial charge in [-0.05, 0) is 12.1 Å². The molecule has 0 fully saturated rings. The Kier molecular flexibility index (Phi) is 4.78. The van der Waals surface area contributed by atoms with Crippen LogP contribution >= 0.6 is 11.8 Å². The zero-order valence-electron chi connectivity index (χ0n) is 10.9. The van der Waals surface area contributed by atoms with Crippen LogP contribution in [0.15, 0.2) is 41.8 Å². The summed E-state index contributed by atoms with van der Waals surface area (Å²) in [7, 11) is 1.53. The molecule has 0 saturated heterocycles. The normalized spacial score (nSPS) is 10.1. The van der Waals surface area contributed by atoms with E-state index in [4.69, 9.17) is 10.5 Å². The van der Waals surface area contributed by atoms with Crippen LogP contribution in [0, 0.1) is 0 Å². The number of aromatic nitrogens is 2. The number of amides is 1. The number of hydrogen-bond donors (Lipinski definition) is 2. The van der Waals surface area contributed by atoms with Crippen LogP contribution < -0.4 is 15.8 Å². The molecular formula is C13H14N4O2S. The van der Waals surface area contributed by atoms with Crippen LogP contribution in [-0.2, 0) is 4.79 Å². The predicted molar refractivity (Wildman–Crippen MR) is 78.8 cm³/mol. The molecule has 1 heterocycles. The fourth-order valence-electron chi connectivity index (χ4n) is 1.50. The van der Waals surface area contributed by atoms with Crippen LogP contribution in [0.1, 0.15) is 0 Å². The molecule has 20 heavy (non-hydrogen) atoms. The molecule has 0 bridgehead atoms. The summed E-state index contributed by atoms with van der Waals surface area (Å²) in [6.07, 6.45) is 4.79. The maximum Gasteiger partial charge on any atom is 0.234 e. The summed E-state index contributed by atoms with van der Waals surface area (Å²) in [6, 6.07) is 5.07. The van der Waals surface area contributed by atoms with Gasteiger partial charge in [0.1, 0.15) is 10.8 Å². The van der Waals surface area contributed by atoms with Crippen LogP contribution in [0.4, 0.5) is 11.4 Å². The number of carbonyl (C=O) groups excluding carboxylic acids is 1. The Morgan fingerprint density at radius 2 is 2.30 bits per heavy atom. The zero-order chi connectivity index (χ0) is 14.4. The molecule has 0 unspecified atom stereocenters. The van der Waals surface area contributed by atoms with Crippen molar-refractivity contribution in [1.82, 2.24) is 9.97 Å². The summed E-state index contributed by atoms with van der Waals surface area (Å²) in [6.45, 7) is 0. The molecule has 104 valence electrons. The van der Waals surface area contributed by atoms with Crippen molar-refractivity contribution in [3.63, 3.8) is 0 Å². The first-order valence-electron chi connectivity index (χ1n) is 5.81. The summed E-state index contributed by atoms with van der Waals surface area (Å²) in [5.74, 6) is 0.623. The Bertz CT molecular complexity index is 592. The molecule has 2 aromatic rings. The van der Waals surface area contributed by atoms with Gasteiger partial charge in [-0.2, -0.15) is 0 Å². The highest BCUT2D eigenvalue weighted by molar-refractivity contribution is 7.99. The largest absolute Gasteiger partial charge is 0.494 e. The third kappa shape index (κ3) is 3.86. The monoisotopic (exact) mass is 290 g/mol. The quantitative estimate of drug-likeness (QED) is 0.644. The Morgan fingerprint density at radius 3 is 3.00 bits per heavy atom. The molecule has 0 spiro atoms. The lowest BCUT2D eigenvalue weighted by atomic mass is 10.2. The molecule has 0 atom stereocenters. The van der Waals surface area contributed by atoms with Gasteiger partial charge in [-0.1, -0.05) is 11.8 Å². The van der Waals surface area contributed by atoms with Gasteiger partial charge in [0.2, 0.25) is 5.91 Å². The minimum absolute atomic E-state index is 0.149. The second kappa shape index (κ2) is 6.76. The Labute approximate surface area is 120 Å². The third-order valence-corrected chi connectivity index (χ3v) is 3.30. The van der Waals surface area contributed by atoms with Crippen LogP contribution in [0.25, 0.3) is 0 Å². The van der Waals surface area contributed by atoms with E-state index in [-0.39, 0.29) is 11.7 Å². The van der Waals surface area contributed by atoms with Gasteiger partial charge in [0.05, 0.1) is 24.7 Å². The van der Waals surface area contributed by atoms with E-state index in [2.05, 4.69) is 15.3 Å². The highest BCUT2D eigenvalue weighted by Crippen LogP contribution is 2.26. The maximum absolute atomic E-state index is 11.9. The van der Waals surface area contributed by atoms with Crippen molar-refractivity contribution in [2.45, 2.75) is 5.03 Å². The Hall–Kier alpha value is -2.28. The van der Waals surface area contributed by atoms with Crippen LogP contribution in [-0.4, -0.2) is 28.7 Å². The van der Waals surface area contributed by atoms with Crippen molar-refractivity contribution in [3.8, 4) is 5.75 Å². The molecule has 0 saturated carbocycles. The van der Waals surface area contributed by atoms with Crippen LogP contribution in [0.3, 0.4) is 0 Å². The van der Waals surface area contributed by atoms with E-state index in [1.165, 1.54) is 18.9 Å². The number of benzene rings is 1. The van der Waals surface area contributed by atoms with E-state index in [1.807, 2.05) is 0 Å². The number of thioether (sulfide) groups is 1. The van der Waals surface area contributed by atoms with Crippen molar-refractivity contribution in [3.05, 3.63) is 36.8 Å². The average molecular weight is 290 g/mol. The predicted octanol–water partition coefficient (Wildman–Crippen LogP) is 1.80. The molecule has 0 aliphatic rings. The summed E-state index contributed by atoms with van der Waals surface area (Å²) in [5.41, 5.74) is 6.82. The average Bonchev–Trinajstić information content (AvgIpc) is 2.48. The molecule has 1 amide bonds.